The molecule has 0 bridgehead atoms. The number of aromatic nitrogens is 2. The van der Waals surface area contributed by atoms with Gasteiger partial charge in [0.2, 0.25) is 0 Å². The van der Waals surface area contributed by atoms with Crippen molar-refractivity contribution in [1.82, 2.24) is 14.5 Å². The van der Waals surface area contributed by atoms with Crippen LogP contribution < -0.4 is 0 Å². The van der Waals surface area contributed by atoms with E-state index in [1.165, 1.54) is 12.8 Å². The van der Waals surface area contributed by atoms with Crippen LogP contribution in [0.3, 0.4) is 0 Å². The predicted molar refractivity (Wildman–Crippen MR) is 86.7 cm³/mol. The van der Waals surface area contributed by atoms with Crippen LogP contribution in [0.4, 0.5) is 4.79 Å². The SMILES string of the molecule is Cc1nccn1CCCC1CCN(C(=O)OC(C)(C)C)CC1. The minimum Gasteiger partial charge on any atom is -0.444 e. The Hall–Kier alpha value is -1.52. The first-order valence-corrected chi connectivity index (χ1v) is 8.31. The fourth-order valence-corrected chi connectivity index (χ4v) is 2.92. The number of aryl methyl sites for hydroxylation is 2. The highest BCUT2D eigenvalue weighted by Gasteiger charge is 2.26. The Bertz CT molecular complexity index is 482. The summed E-state index contributed by atoms with van der Waals surface area (Å²) in [6.07, 6.45) is 8.30. The Morgan fingerprint density at radius 1 is 1.36 bits per heavy atom. The van der Waals surface area contributed by atoms with Crippen molar-refractivity contribution in [2.45, 2.75) is 65.5 Å². The Labute approximate surface area is 133 Å². The van der Waals surface area contributed by atoms with Gasteiger partial charge in [-0.05, 0) is 59.3 Å². The zero-order valence-electron chi connectivity index (χ0n) is 14.3. The lowest BCUT2D eigenvalue weighted by molar-refractivity contribution is 0.0180. The molecule has 124 valence electrons. The molecule has 22 heavy (non-hydrogen) atoms. The molecule has 0 saturated carbocycles. The van der Waals surface area contributed by atoms with Gasteiger partial charge in [-0.3, -0.25) is 0 Å². The van der Waals surface area contributed by atoms with Crippen molar-refractivity contribution in [3.8, 4) is 0 Å². The Balaban J connectivity index is 1.67. The van der Waals surface area contributed by atoms with Gasteiger partial charge < -0.3 is 14.2 Å². The molecule has 1 aromatic rings. The van der Waals surface area contributed by atoms with E-state index in [9.17, 15) is 4.79 Å². The van der Waals surface area contributed by atoms with Crippen molar-refractivity contribution >= 4 is 6.09 Å². The normalized spacial score (nSPS) is 16.8. The number of nitrogens with zero attached hydrogens (tertiary/aromatic N) is 3. The van der Waals surface area contributed by atoms with Crippen LogP contribution >= 0.6 is 0 Å². The van der Waals surface area contributed by atoms with Gasteiger partial charge in [0.05, 0.1) is 0 Å². The zero-order chi connectivity index (χ0) is 16.2. The molecule has 0 N–H and O–H groups in total. The van der Waals surface area contributed by atoms with Crippen LogP contribution in [0.15, 0.2) is 12.4 Å². The minimum atomic E-state index is -0.406. The second-order valence-corrected chi connectivity index (χ2v) is 7.22. The lowest BCUT2D eigenvalue weighted by atomic mass is 9.92. The molecular formula is C17H29N3O2. The standard InChI is InChI=1S/C17H29N3O2/c1-14-18-9-13-19(14)10-5-6-15-7-11-20(12-8-15)16(21)22-17(2,3)4/h9,13,15H,5-8,10-12H2,1-4H3. The van der Waals surface area contributed by atoms with E-state index < -0.39 is 5.60 Å². The van der Waals surface area contributed by atoms with Crippen LogP contribution in [0, 0.1) is 12.8 Å². The van der Waals surface area contributed by atoms with Crippen LogP contribution in [-0.4, -0.2) is 39.2 Å². The van der Waals surface area contributed by atoms with Gasteiger partial charge in [-0.1, -0.05) is 0 Å². The summed E-state index contributed by atoms with van der Waals surface area (Å²) in [5, 5.41) is 0. The van der Waals surface area contributed by atoms with Gasteiger partial charge in [-0.15, -0.1) is 0 Å². The number of carbonyl (C=O) groups is 1. The van der Waals surface area contributed by atoms with Gasteiger partial charge in [0.15, 0.2) is 0 Å². The van der Waals surface area contributed by atoms with Gasteiger partial charge in [-0.2, -0.15) is 0 Å². The van der Waals surface area contributed by atoms with Crippen LogP contribution in [0.1, 0.15) is 52.3 Å². The van der Waals surface area contributed by atoms with E-state index in [1.807, 2.05) is 45.0 Å². The fraction of sp³-hybridized carbons (Fsp3) is 0.765. The van der Waals surface area contributed by atoms with Gasteiger partial charge in [0.1, 0.15) is 11.4 Å². The van der Waals surface area contributed by atoms with Crippen molar-refractivity contribution in [2.75, 3.05) is 13.1 Å². The van der Waals surface area contributed by atoms with Crippen LogP contribution in [0.2, 0.25) is 0 Å². The maximum atomic E-state index is 12.0. The number of imidazole rings is 1. The Morgan fingerprint density at radius 2 is 2.05 bits per heavy atom. The van der Waals surface area contributed by atoms with Crippen molar-refractivity contribution in [3.63, 3.8) is 0 Å². The average molecular weight is 307 g/mol. The molecule has 5 nitrogen and oxygen atoms in total. The number of amides is 1. The molecule has 1 aliphatic heterocycles. The number of hydrogen-bond donors (Lipinski definition) is 0. The monoisotopic (exact) mass is 307 g/mol. The molecule has 1 amide bonds. The number of hydrogen-bond acceptors (Lipinski definition) is 3. The van der Waals surface area contributed by atoms with E-state index >= 15 is 0 Å². The van der Waals surface area contributed by atoms with E-state index in [0.717, 1.165) is 44.2 Å². The van der Waals surface area contributed by atoms with Gasteiger partial charge >= 0.3 is 6.09 Å². The summed E-state index contributed by atoms with van der Waals surface area (Å²) in [4.78, 5) is 18.1. The minimum absolute atomic E-state index is 0.167. The third-order valence-corrected chi connectivity index (χ3v) is 4.20. The number of carbonyl (C=O) groups excluding carboxylic acids is 1. The van der Waals surface area contributed by atoms with Crippen LogP contribution in [-0.2, 0) is 11.3 Å². The Morgan fingerprint density at radius 3 is 2.59 bits per heavy atom. The fourth-order valence-electron chi connectivity index (χ4n) is 2.92. The van der Waals surface area contributed by atoms with E-state index in [0.29, 0.717) is 0 Å². The molecule has 0 aliphatic carbocycles. The molecule has 1 saturated heterocycles. The molecule has 1 fully saturated rings. The quantitative estimate of drug-likeness (QED) is 0.853. The summed E-state index contributed by atoms with van der Waals surface area (Å²) in [5.41, 5.74) is -0.406. The highest BCUT2D eigenvalue weighted by Crippen LogP contribution is 2.23. The summed E-state index contributed by atoms with van der Waals surface area (Å²) in [6.45, 7) is 10.5. The highest BCUT2D eigenvalue weighted by atomic mass is 16.6. The first-order valence-electron chi connectivity index (χ1n) is 8.31. The third kappa shape index (κ3) is 5.04. The van der Waals surface area contributed by atoms with Crippen molar-refractivity contribution in [3.05, 3.63) is 18.2 Å². The number of ether oxygens (including phenoxy) is 1. The third-order valence-electron chi connectivity index (χ3n) is 4.20. The molecule has 0 unspecified atom stereocenters. The molecule has 1 aliphatic rings. The van der Waals surface area contributed by atoms with Crippen molar-refractivity contribution in [2.24, 2.45) is 5.92 Å². The smallest absolute Gasteiger partial charge is 0.410 e. The topological polar surface area (TPSA) is 47.4 Å². The van der Waals surface area contributed by atoms with E-state index in [1.54, 1.807) is 0 Å². The van der Waals surface area contributed by atoms with Crippen LogP contribution in [0.25, 0.3) is 0 Å². The maximum Gasteiger partial charge on any atom is 0.410 e. The first kappa shape index (κ1) is 16.8. The highest BCUT2D eigenvalue weighted by molar-refractivity contribution is 5.68. The Kier molecular flexibility index (Phi) is 5.48. The van der Waals surface area contributed by atoms with Gasteiger partial charge in [-0.25, -0.2) is 9.78 Å². The molecule has 1 aromatic heterocycles. The molecule has 2 heterocycles. The molecule has 0 radical (unpaired) electrons. The van der Waals surface area contributed by atoms with Gasteiger partial charge in [0.25, 0.3) is 0 Å². The number of piperidine rings is 1. The van der Waals surface area contributed by atoms with E-state index in [4.69, 9.17) is 4.74 Å². The summed E-state index contributed by atoms with van der Waals surface area (Å²) < 4.78 is 7.64. The lowest BCUT2D eigenvalue weighted by Gasteiger charge is -2.33. The predicted octanol–water partition coefficient (Wildman–Crippen LogP) is 3.62. The maximum absolute atomic E-state index is 12.0. The largest absolute Gasteiger partial charge is 0.444 e. The molecule has 5 heteroatoms. The van der Waals surface area contributed by atoms with Gasteiger partial charge in [0, 0.05) is 32.0 Å². The number of likely N-dealkylation sites (tertiary alicyclic amines) is 1. The lowest BCUT2D eigenvalue weighted by Crippen LogP contribution is -2.41. The first-order chi connectivity index (χ1) is 10.3. The second kappa shape index (κ2) is 7.16. The average Bonchev–Trinajstić information content (AvgIpc) is 2.83. The molecule has 2 rings (SSSR count). The van der Waals surface area contributed by atoms with Crippen molar-refractivity contribution < 1.29 is 9.53 Å². The zero-order valence-corrected chi connectivity index (χ0v) is 14.3. The number of rotatable bonds is 4. The summed E-state index contributed by atoms with van der Waals surface area (Å²) >= 11 is 0. The van der Waals surface area contributed by atoms with Crippen LogP contribution in [0.5, 0.6) is 0 Å². The van der Waals surface area contributed by atoms with E-state index in [2.05, 4.69) is 9.55 Å². The second-order valence-electron chi connectivity index (χ2n) is 7.22. The summed E-state index contributed by atoms with van der Waals surface area (Å²) in [6, 6.07) is 0. The van der Waals surface area contributed by atoms with E-state index in [-0.39, 0.29) is 6.09 Å². The molecule has 0 spiro atoms. The van der Waals surface area contributed by atoms with Crippen molar-refractivity contribution in [1.29, 1.82) is 0 Å². The summed E-state index contributed by atoms with van der Waals surface area (Å²) in [5.74, 6) is 1.81. The molecule has 0 atom stereocenters. The molecule has 0 aromatic carbocycles. The summed E-state index contributed by atoms with van der Waals surface area (Å²) in [7, 11) is 0. The molecular weight excluding hydrogens is 278 g/mol.